The Bertz CT molecular complexity index is 617. The minimum absolute atomic E-state index is 0.753. The molecule has 2 aromatic rings. The van der Waals surface area contributed by atoms with Gasteiger partial charge in [0.15, 0.2) is 11.0 Å². The summed E-state index contributed by atoms with van der Waals surface area (Å²) in [5.41, 5.74) is 3.77. The lowest BCUT2D eigenvalue weighted by Gasteiger charge is -2.02. The van der Waals surface area contributed by atoms with E-state index in [1.165, 1.54) is 11.1 Å². The van der Waals surface area contributed by atoms with Crippen molar-refractivity contribution in [3.05, 3.63) is 65.2 Å². The van der Waals surface area contributed by atoms with Gasteiger partial charge in [0.2, 0.25) is 0 Å². The lowest BCUT2D eigenvalue weighted by atomic mass is 10.0. The third-order valence-corrected chi connectivity index (χ3v) is 4.21. The van der Waals surface area contributed by atoms with Gasteiger partial charge in [-0.25, -0.2) is 4.21 Å². The van der Waals surface area contributed by atoms with E-state index in [-0.39, 0.29) is 0 Å². The van der Waals surface area contributed by atoms with Gasteiger partial charge in [-0.3, -0.25) is 0 Å². The van der Waals surface area contributed by atoms with Gasteiger partial charge in [0.1, 0.15) is 0 Å². The Balaban J connectivity index is 1.89. The zero-order valence-corrected chi connectivity index (χ0v) is 12.7. The number of rotatable bonds is 5. The molecular weight excluding hydrogens is 266 g/mol. The van der Waals surface area contributed by atoms with Crippen molar-refractivity contribution >= 4 is 17.2 Å². The van der Waals surface area contributed by atoms with Crippen LogP contribution in [-0.4, -0.2) is 10.4 Å². The summed E-state index contributed by atoms with van der Waals surface area (Å²) < 4.78 is 16.1. The molecule has 0 spiro atoms. The first-order chi connectivity index (χ1) is 9.66. The lowest BCUT2D eigenvalue weighted by Crippen LogP contribution is -1.92. The summed E-state index contributed by atoms with van der Waals surface area (Å²) in [4.78, 5) is 0.753. The smallest absolute Gasteiger partial charge is 0.172 e. The molecule has 0 aliphatic heterocycles. The Kier molecular flexibility index (Phi) is 5.24. The van der Waals surface area contributed by atoms with E-state index in [9.17, 15) is 4.21 Å². The molecule has 2 rings (SSSR count). The summed E-state index contributed by atoms with van der Waals surface area (Å²) in [6.07, 6.45) is 3.51. The molecule has 1 atom stereocenters. The first kappa shape index (κ1) is 14.7. The van der Waals surface area contributed by atoms with E-state index in [0.717, 1.165) is 23.3 Å². The van der Waals surface area contributed by atoms with Crippen molar-refractivity contribution < 1.29 is 4.21 Å². The quantitative estimate of drug-likeness (QED) is 0.763. The molecule has 1 unspecified atom stereocenters. The van der Waals surface area contributed by atoms with Gasteiger partial charge >= 0.3 is 0 Å². The Labute approximate surface area is 123 Å². The van der Waals surface area contributed by atoms with Crippen molar-refractivity contribution in [2.45, 2.75) is 31.6 Å². The van der Waals surface area contributed by atoms with E-state index < -0.39 is 11.0 Å². The Morgan fingerprint density at radius 1 is 1.05 bits per heavy atom. The van der Waals surface area contributed by atoms with Crippen LogP contribution in [0, 0.1) is 13.8 Å². The average molecular weight is 285 g/mol. The van der Waals surface area contributed by atoms with Crippen molar-refractivity contribution in [2.24, 2.45) is 4.40 Å². The van der Waals surface area contributed by atoms with E-state index in [2.05, 4.69) is 23.5 Å². The van der Waals surface area contributed by atoms with Gasteiger partial charge in [0.05, 0.1) is 4.90 Å². The van der Waals surface area contributed by atoms with Crippen LogP contribution >= 0.6 is 0 Å². The topological polar surface area (TPSA) is 29.4 Å². The highest BCUT2D eigenvalue weighted by Gasteiger charge is 2.00. The minimum Gasteiger partial charge on any atom is -0.230 e. The zero-order valence-electron chi connectivity index (χ0n) is 11.9. The van der Waals surface area contributed by atoms with E-state index in [1.807, 2.05) is 43.3 Å². The maximum atomic E-state index is 11.9. The summed E-state index contributed by atoms with van der Waals surface area (Å²) in [7, 11) is -1.29. The van der Waals surface area contributed by atoms with Crippen LogP contribution in [0.1, 0.15) is 23.1 Å². The molecular formula is C17H19NOS. The fraction of sp³-hybridized carbons (Fsp3) is 0.235. The summed E-state index contributed by atoms with van der Waals surface area (Å²) in [6.45, 7) is 4.12. The predicted molar refractivity (Wildman–Crippen MR) is 85.6 cm³/mol. The Morgan fingerprint density at radius 3 is 2.45 bits per heavy atom. The van der Waals surface area contributed by atoms with Crippen LogP contribution in [0.15, 0.2) is 57.8 Å². The highest BCUT2D eigenvalue weighted by Crippen LogP contribution is 2.10. The van der Waals surface area contributed by atoms with E-state index in [4.69, 9.17) is 0 Å². The molecule has 0 radical (unpaired) electrons. The zero-order chi connectivity index (χ0) is 14.4. The van der Waals surface area contributed by atoms with Gasteiger partial charge in [-0.15, -0.1) is 0 Å². The van der Waals surface area contributed by atoms with Gasteiger partial charge in [-0.1, -0.05) is 42.0 Å². The van der Waals surface area contributed by atoms with Crippen LogP contribution in [-0.2, 0) is 17.4 Å². The molecule has 0 amide bonds. The third-order valence-electron chi connectivity index (χ3n) is 3.20. The summed E-state index contributed by atoms with van der Waals surface area (Å²) in [5.74, 6) is 0. The van der Waals surface area contributed by atoms with Gasteiger partial charge in [-0.05, 0) is 49.9 Å². The second-order valence-electron chi connectivity index (χ2n) is 4.82. The number of nitrogens with zero attached hydrogens (tertiary/aromatic N) is 1. The fourth-order valence-electron chi connectivity index (χ4n) is 1.95. The van der Waals surface area contributed by atoms with Crippen LogP contribution in [0.5, 0.6) is 0 Å². The number of benzene rings is 2. The Morgan fingerprint density at radius 2 is 1.75 bits per heavy atom. The molecule has 3 heteroatoms. The van der Waals surface area contributed by atoms with E-state index in [1.54, 1.807) is 6.21 Å². The first-order valence-corrected chi connectivity index (χ1v) is 7.83. The molecule has 104 valence electrons. The molecule has 2 aromatic carbocycles. The normalized spacial score (nSPS) is 12.7. The first-order valence-electron chi connectivity index (χ1n) is 6.72. The fourth-order valence-corrected chi connectivity index (χ4v) is 2.68. The largest absolute Gasteiger partial charge is 0.230 e. The molecule has 0 N–H and O–H groups in total. The van der Waals surface area contributed by atoms with Crippen molar-refractivity contribution in [1.29, 1.82) is 0 Å². The van der Waals surface area contributed by atoms with E-state index >= 15 is 0 Å². The van der Waals surface area contributed by atoms with Crippen LogP contribution in [0.25, 0.3) is 0 Å². The van der Waals surface area contributed by atoms with Crippen molar-refractivity contribution in [3.63, 3.8) is 0 Å². The molecule has 0 saturated carbocycles. The second-order valence-corrected chi connectivity index (χ2v) is 6.00. The van der Waals surface area contributed by atoms with Crippen LogP contribution in [0.3, 0.4) is 0 Å². The number of hydrogen-bond donors (Lipinski definition) is 0. The van der Waals surface area contributed by atoms with Crippen LogP contribution < -0.4 is 0 Å². The van der Waals surface area contributed by atoms with E-state index in [0.29, 0.717) is 0 Å². The van der Waals surface area contributed by atoms with Gasteiger partial charge < -0.3 is 0 Å². The molecule has 0 bridgehead atoms. The van der Waals surface area contributed by atoms with Gasteiger partial charge in [-0.2, -0.15) is 4.40 Å². The highest BCUT2D eigenvalue weighted by molar-refractivity contribution is 7.83. The molecule has 0 heterocycles. The molecule has 0 saturated heterocycles. The minimum atomic E-state index is -1.29. The van der Waals surface area contributed by atoms with Crippen molar-refractivity contribution in [2.75, 3.05) is 0 Å². The molecule has 0 fully saturated rings. The molecule has 0 aliphatic rings. The summed E-state index contributed by atoms with van der Waals surface area (Å²) in [5, 5.41) is 0. The van der Waals surface area contributed by atoms with Crippen molar-refractivity contribution in [3.8, 4) is 0 Å². The molecule has 0 aromatic heterocycles. The molecule has 0 aliphatic carbocycles. The number of aryl methyl sites for hydroxylation is 3. The highest BCUT2D eigenvalue weighted by atomic mass is 32.2. The SMILES string of the molecule is Cc1ccc(S(=O)N=CCCc2ccccc2C)cc1. The van der Waals surface area contributed by atoms with Crippen molar-refractivity contribution in [1.82, 2.24) is 0 Å². The number of hydrogen-bond acceptors (Lipinski definition) is 1. The Hall–Kier alpha value is -1.74. The summed E-state index contributed by atoms with van der Waals surface area (Å²) >= 11 is 0. The third kappa shape index (κ3) is 4.14. The lowest BCUT2D eigenvalue weighted by molar-refractivity contribution is 0.684. The predicted octanol–water partition coefficient (Wildman–Crippen LogP) is 4.03. The standard InChI is InChI=1S/C17H19NOS/c1-14-9-11-17(12-10-14)20(19)18-13-5-8-16-7-4-3-6-15(16)2/h3-4,6-7,9-13H,5,8H2,1-2H3. The second kappa shape index (κ2) is 7.15. The molecule has 20 heavy (non-hydrogen) atoms. The van der Waals surface area contributed by atoms with Gasteiger partial charge in [0.25, 0.3) is 0 Å². The summed E-state index contributed by atoms with van der Waals surface area (Å²) in [6, 6.07) is 16.0. The maximum absolute atomic E-state index is 11.9. The van der Waals surface area contributed by atoms with Crippen LogP contribution in [0.4, 0.5) is 0 Å². The van der Waals surface area contributed by atoms with Crippen LogP contribution in [0.2, 0.25) is 0 Å². The maximum Gasteiger partial charge on any atom is 0.172 e. The molecule has 2 nitrogen and oxygen atoms in total. The van der Waals surface area contributed by atoms with Gasteiger partial charge in [0, 0.05) is 6.21 Å². The average Bonchev–Trinajstić information content (AvgIpc) is 2.46. The monoisotopic (exact) mass is 285 g/mol.